The van der Waals surface area contributed by atoms with Crippen molar-refractivity contribution in [3.8, 4) is 0 Å². The highest BCUT2D eigenvalue weighted by atomic mass is 79.9. The molecule has 1 nitrogen and oxygen atoms in total. The first-order valence-corrected chi connectivity index (χ1v) is 8.13. The Morgan fingerprint density at radius 2 is 1.90 bits per heavy atom. The van der Waals surface area contributed by atoms with Gasteiger partial charge in [0.05, 0.1) is 0 Å². The number of nitrogens with one attached hydrogen (secondary N) is 1. The first-order chi connectivity index (χ1) is 9.74. The van der Waals surface area contributed by atoms with Gasteiger partial charge in [0.15, 0.2) is 0 Å². The molecule has 104 valence electrons. The third kappa shape index (κ3) is 3.43. The van der Waals surface area contributed by atoms with Gasteiger partial charge in [0.1, 0.15) is 0 Å². The number of halogens is 2. The largest absolute Gasteiger partial charge is 0.306 e. The number of benzene rings is 2. The lowest BCUT2D eigenvalue weighted by atomic mass is 10.0. The molecule has 0 radical (unpaired) electrons. The molecule has 1 aliphatic rings. The van der Waals surface area contributed by atoms with Crippen molar-refractivity contribution in [1.82, 2.24) is 5.32 Å². The summed E-state index contributed by atoms with van der Waals surface area (Å²) in [7, 11) is 0. The van der Waals surface area contributed by atoms with E-state index in [9.17, 15) is 0 Å². The van der Waals surface area contributed by atoms with Crippen molar-refractivity contribution in [1.29, 1.82) is 0 Å². The summed E-state index contributed by atoms with van der Waals surface area (Å²) in [4.78, 5) is 0. The van der Waals surface area contributed by atoms with Crippen LogP contribution in [0.1, 0.15) is 30.0 Å². The van der Waals surface area contributed by atoms with E-state index in [4.69, 9.17) is 11.6 Å². The zero-order valence-corrected chi connectivity index (χ0v) is 13.5. The van der Waals surface area contributed by atoms with E-state index in [0.29, 0.717) is 6.04 Å². The predicted molar refractivity (Wildman–Crippen MR) is 87.9 cm³/mol. The minimum Gasteiger partial charge on any atom is -0.306 e. The molecule has 1 aliphatic carbocycles. The monoisotopic (exact) mass is 349 g/mol. The summed E-state index contributed by atoms with van der Waals surface area (Å²) in [5.41, 5.74) is 2.52. The van der Waals surface area contributed by atoms with Crippen molar-refractivity contribution < 1.29 is 0 Å². The Bertz CT molecular complexity index is 581. The molecule has 2 aromatic rings. The SMILES string of the molecule is Clc1ccc(Br)cc1CNC(c1ccccc1)C1CC1. The number of rotatable bonds is 5. The molecular formula is C17H17BrClN. The molecule has 0 aliphatic heterocycles. The Morgan fingerprint density at radius 3 is 2.60 bits per heavy atom. The van der Waals surface area contributed by atoms with Crippen LogP contribution in [-0.2, 0) is 6.54 Å². The smallest absolute Gasteiger partial charge is 0.0451 e. The van der Waals surface area contributed by atoms with Crippen molar-refractivity contribution in [3.05, 3.63) is 69.2 Å². The number of hydrogen-bond acceptors (Lipinski definition) is 1. The summed E-state index contributed by atoms with van der Waals surface area (Å²) in [5, 5.41) is 4.50. The first kappa shape index (κ1) is 14.1. The normalized spacial score (nSPS) is 16.1. The van der Waals surface area contributed by atoms with Gasteiger partial charge in [-0.15, -0.1) is 0 Å². The number of hydrogen-bond donors (Lipinski definition) is 1. The van der Waals surface area contributed by atoms with E-state index >= 15 is 0 Å². The minimum atomic E-state index is 0.436. The average molecular weight is 351 g/mol. The molecule has 0 aromatic heterocycles. The van der Waals surface area contributed by atoms with Crippen LogP contribution in [0.25, 0.3) is 0 Å². The fourth-order valence-corrected chi connectivity index (χ4v) is 3.14. The maximum absolute atomic E-state index is 6.26. The van der Waals surface area contributed by atoms with Gasteiger partial charge in [0.25, 0.3) is 0 Å². The van der Waals surface area contributed by atoms with Crippen LogP contribution in [0.3, 0.4) is 0 Å². The van der Waals surface area contributed by atoms with Gasteiger partial charge >= 0.3 is 0 Å². The molecular weight excluding hydrogens is 334 g/mol. The van der Waals surface area contributed by atoms with Crippen LogP contribution in [0.2, 0.25) is 5.02 Å². The molecule has 2 aromatic carbocycles. The van der Waals surface area contributed by atoms with E-state index in [1.165, 1.54) is 18.4 Å². The molecule has 20 heavy (non-hydrogen) atoms. The van der Waals surface area contributed by atoms with Gasteiger partial charge in [0.2, 0.25) is 0 Å². The second-order valence-corrected chi connectivity index (χ2v) is 6.67. The Balaban J connectivity index is 1.73. The zero-order valence-electron chi connectivity index (χ0n) is 11.2. The fraction of sp³-hybridized carbons (Fsp3) is 0.294. The van der Waals surface area contributed by atoms with Gasteiger partial charge in [-0.2, -0.15) is 0 Å². The third-order valence-corrected chi connectivity index (χ3v) is 4.63. The Morgan fingerprint density at radius 1 is 1.15 bits per heavy atom. The van der Waals surface area contributed by atoms with E-state index < -0.39 is 0 Å². The summed E-state index contributed by atoms with van der Waals surface area (Å²) < 4.78 is 1.07. The van der Waals surface area contributed by atoms with Crippen LogP contribution < -0.4 is 5.32 Å². The van der Waals surface area contributed by atoms with E-state index in [2.05, 4.69) is 57.6 Å². The molecule has 0 saturated heterocycles. The van der Waals surface area contributed by atoms with Crippen molar-refractivity contribution in [3.63, 3.8) is 0 Å². The summed E-state index contributed by atoms with van der Waals surface area (Å²) >= 11 is 9.76. The predicted octanol–water partition coefficient (Wildman–Crippen LogP) is 5.34. The lowest BCUT2D eigenvalue weighted by Crippen LogP contribution is -2.22. The average Bonchev–Trinajstić information content (AvgIpc) is 3.29. The summed E-state index contributed by atoms with van der Waals surface area (Å²) in [6, 6.07) is 17.1. The van der Waals surface area contributed by atoms with E-state index in [0.717, 1.165) is 27.5 Å². The zero-order chi connectivity index (χ0) is 13.9. The van der Waals surface area contributed by atoms with Gasteiger partial charge in [-0.25, -0.2) is 0 Å². The molecule has 0 heterocycles. The Hall–Kier alpha value is -0.830. The fourth-order valence-electron chi connectivity index (χ4n) is 2.55. The maximum Gasteiger partial charge on any atom is 0.0451 e. The van der Waals surface area contributed by atoms with Gasteiger partial charge in [-0.1, -0.05) is 57.9 Å². The highest BCUT2D eigenvalue weighted by Crippen LogP contribution is 2.41. The lowest BCUT2D eigenvalue weighted by molar-refractivity contribution is 0.480. The topological polar surface area (TPSA) is 12.0 Å². The summed E-state index contributed by atoms with van der Waals surface area (Å²) in [6.07, 6.45) is 2.64. The van der Waals surface area contributed by atoms with Crippen LogP contribution in [0, 0.1) is 5.92 Å². The minimum absolute atomic E-state index is 0.436. The van der Waals surface area contributed by atoms with Crippen LogP contribution in [0.5, 0.6) is 0 Å². The van der Waals surface area contributed by atoms with Crippen molar-refractivity contribution in [2.45, 2.75) is 25.4 Å². The molecule has 1 saturated carbocycles. The summed E-state index contributed by atoms with van der Waals surface area (Å²) in [5.74, 6) is 0.767. The first-order valence-electron chi connectivity index (χ1n) is 6.96. The van der Waals surface area contributed by atoms with Crippen LogP contribution in [-0.4, -0.2) is 0 Å². The van der Waals surface area contributed by atoms with Crippen LogP contribution >= 0.6 is 27.5 Å². The summed E-state index contributed by atoms with van der Waals surface area (Å²) in [6.45, 7) is 0.800. The lowest BCUT2D eigenvalue weighted by Gasteiger charge is -2.19. The van der Waals surface area contributed by atoms with Crippen molar-refractivity contribution in [2.24, 2.45) is 5.92 Å². The molecule has 3 rings (SSSR count). The van der Waals surface area contributed by atoms with E-state index in [1.807, 2.05) is 12.1 Å². The third-order valence-electron chi connectivity index (χ3n) is 3.77. The Kier molecular flexibility index (Phi) is 4.45. The van der Waals surface area contributed by atoms with Crippen LogP contribution in [0.4, 0.5) is 0 Å². The van der Waals surface area contributed by atoms with Crippen LogP contribution in [0.15, 0.2) is 53.0 Å². The maximum atomic E-state index is 6.26. The Labute approximate surface area is 133 Å². The molecule has 1 N–H and O–H groups in total. The second-order valence-electron chi connectivity index (χ2n) is 5.34. The van der Waals surface area contributed by atoms with Crippen molar-refractivity contribution in [2.75, 3.05) is 0 Å². The van der Waals surface area contributed by atoms with Gasteiger partial charge in [-0.3, -0.25) is 0 Å². The van der Waals surface area contributed by atoms with Gasteiger partial charge in [0, 0.05) is 22.1 Å². The second kappa shape index (κ2) is 6.30. The molecule has 0 spiro atoms. The molecule has 3 heteroatoms. The molecule has 1 unspecified atom stereocenters. The molecule has 0 amide bonds. The van der Waals surface area contributed by atoms with E-state index in [-0.39, 0.29) is 0 Å². The van der Waals surface area contributed by atoms with Crippen molar-refractivity contribution >= 4 is 27.5 Å². The molecule has 1 atom stereocenters. The highest BCUT2D eigenvalue weighted by molar-refractivity contribution is 9.10. The quantitative estimate of drug-likeness (QED) is 0.767. The van der Waals surface area contributed by atoms with Gasteiger partial charge < -0.3 is 5.32 Å². The van der Waals surface area contributed by atoms with E-state index in [1.54, 1.807) is 0 Å². The molecule has 1 fully saturated rings. The van der Waals surface area contributed by atoms with Gasteiger partial charge in [-0.05, 0) is 48.1 Å². The standard InChI is InChI=1S/C17H17BrClN/c18-15-8-9-16(19)14(10-15)11-20-17(13-6-7-13)12-4-2-1-3-5-12/h1-5,8-10,13,17,20H,6-7,11H2. The highest BCUT2D eigenvalue weighted by Gasteiger charge is 2.31. The molecule has 0 bridgehead atoms.